The number of likely N-dealkylation sites (tertiary alicyclic amines) is 1. The first kappa shape index (κ1) is 17.2. The summed E-state index contributed by atoms with van der Waals surface area (Å²) in [6, 6.07) is 15.6. The maximum absolute atomic E-state index is 12.8. The van der Waals surface area contributed by atoms with Gasteiger partial charge in [0, 0.05) is 29.4 Å². The summed E-state index contributed by atoms with van der Waals surface area (Å²) in [6.45, 7) is 0.243. The van der Waals surface area contributed by atoms with E-state index in [-0.39, 0.29) is 17.9 Å². The Balaban J connectivity index is 1.83. The smallest absolute Gasteiger partial charge is 0.295 e. The Hall–Kier alpha value is -3.25. The van der Waals surface area contributed by atoms with Crippen LogP contribution >= 0.6 is 11.3 Å². The van der Waals surface area contributed by atoms with Crippen LogP contribution in [-0.4, -0.2) is 26.7 Å². The average molecular weight is 376 g/mol. The van der Waals surface area contributed by atoms with E-state index in [1.54, 1.807) is 42.7 Å². The van der Waals surface area contributed by atoms with Crippen LogP contribution in [0.1, 0.15) is 22.0 Å². The van der Waals surface area contributed by atoms with Gasteiger partial charge in [-0.05, 0) is 23.1 Å². The first-order valence-electron chi connectivity index (χ1n) is 8.43. The van der Waals surface area contributed by atoms with Gasteiger partial charge in [-0.15, -0.1) is 11.3 Å². The Morgan fingerprint density at radius 3 is 2.56 bits per heavy atom. The van der Waals surface area contributed by atoms with Gasteiger partial charge in [-0.1, -0.05) is 42.5 Å². The molecule has 3 heterocycles. The Kier molecular flexibility index (Phi) is 4.56. The second-order valence-corrected chi connectivity index (χ2v) is 7.15. The number of Topliss-reactive ketones (excluding diaryl/α,β-unsaturated/α-hetero) is 1. The van der Waals surface area contributed by atoms with Crippen LogP contribution < -0.4 is 0 Å². The molecule has 1 N–H and O–H groups in total. The Bertz CT molecular complexity index is 998. The number of ketones is 1. The SMILES string of the molecule is O=C1C(=O)N(Cc2cccnc2)C(c2cccs2)/C1=C(/O)c1ccccc1. The molecule has 0 radical (unpaired) electrons. The van der Waals surface area contributed by atoms with Gasteiger partial charge in [0.15, 0.2) is 0 Å². The highest BCUT2D eigenvalue weighted by Gasteiger charge is 2.46. The van der Waals surface area contributed by atoms with Crippen molar-refractivity contribution < 1.29 is 14.7 Å². The van der Waals surface area contributed by atoms with Crippen LogP contribution in [0.3, 0.4) is 0 Å². The number of pyridine rings is 1. The quantitative estimate of drug-likeness (QED) is 0.428. The van der Waals surface area contributed by atoms with Gasteiger partial charge in [0.05, 0.1) is 11.6 Å². The largest absolute Gasteiger partial charge is 0.507 e. The molecule has 6 heteroatoms. The third-order valence-corrected chi connectivity index (χ3v) is 5.40. The molecule has 0 saturated carbocycles. The number of aliphatic hydroxyl groups excluding tert-OH is 1. The molecule has 1 aromatic carbocycles. The standard InChI is InChI=1S/C21H16N2O3S/c24-19(15-7-2-1-3-8-15)17-18(16-9-5-11-27-16)23(21(26)20(17)25)13-14-6-4-10-22-12-14/h1-12,18,24H,13H2/b19-17-. The number of carbonyl (C=O) groups excluding carboxylic acids is 2. The minimum Gasteiger partial charge on any atom is -0.507 e. The lowest BCUT2D eigenvalue weighted by Gasteiger charge is -2.24. The number of rotatable bonds is 4. The highest BCUT2D eigenvalue weighted by Crippen LogP contribution is 2.41. The fourth-order valence-electron chi connectivity index (χ4n) is 3.23. The number of nitrogens with zero attached hydrogens (tertiary/aromatic N) is 2. The van der Waals surface area contributed by atoms with E-state index in [9.17, 15) is 14.7 Å². The van der Waals surface area contributed by atoms with Crippen molar-refractivity contribution in [3.63, 3.8) is 0 Å². The van der Waals surface area contributed by atoms with Crippen molar-refractivity contribution in [1.29, 1.82) is 0 Å². The molecule has 1 aliphatic heterocycles. The first-order valence-corrected chi connectivity index (χ1v) is 9.31. The van der Waals surface area contributed by atoms with E-state index in [0.29, 0.717) is 5.56 Å². The maximum atomic E-state index is 12.8. The number of amides is 1. The second kappa shape index (κ2) is 7.17. The summed E-state index contributed by atoms with van der Waals surface area (Å²) in [5.41, 5.74) is 1.46. The van der Waals surface area contributed by atoms with Crippen molar-refractivity contribution in [3.05, 3.63) is 93.9 Å². The number of hydrogen-bond donors (Lipinski definition) is 1. The summed E-state index contributed by atoms with van der Waals surface area (Å²) in [6.07, 6.45) is 3.33. The molecule has 1 fully saturated rings. The van der Waals surface area contributed by atoms with Crippen LogP contribution in [0.15, 0.2) is 77.9 Å². The molecule has 134 valence electrons. The lowest BCUT2D eigenvalue weighted by molar-refractivity contribution is -0.140. The highest BCUT2D eigenvalue weighted by molar-refractivity contribution is 7.10. The molecule has 2 aromatic heterocycles. The van der Waals surface area contributed by atoms with E-state index in [2.05, 4.69) is 4.98 Å². The summed E-state index contributed by atoms with van der Waals surface area (Å²) in [5.74, 6) is -1.44. The molecule has 1 saturated heterocycles. The molecule has 5 nitrogen and oxygen atoms in total. The van der Waals surface area contributed by atoms with Gasteiger partial charge in [0.1, 0.15) is 5.76 Å². The highest BCUT2D eigenvalue weighted by atomic mass is 32.1. The number of aromatic nitrogens is 1. The third-order valence-electron chi connectivity index (χ3n) is 4.48. The zero-order chi connectivity index (χ0) is 18.8. The number of benzene rings is 1. The number of carbonyl (C=O) groups is 2. The lowest BCUT2D eigenvalue weighted by Crippen LogP contribution is -2.28. The van der Waals surface area contributed by atoms with Gasteiger partial charge in [-0.25, -0.2) is 0 Å². The van der Waals surface area contributed by atoms with Gasteiger partial charge in [0.25, 0.3) is 11.7 Å². The van der Waals surface area contributed by atoms with Crippen molar-refractivity contribution in [2.45, 2.75) is 12.6 Å². The summed E-state index contributed by atoms with van der Waals surface area (Å²) < 4.78 is 0. The molecular weight excluding hydrogens is 360 g/mol. The predicted octanol–water partition coefficient (Wildman–Crippen LogP) is 3.77. The van der Waals surface area contributed by atoms with Crippen LogP contribution in [0.2, 0.25) is 0 Å². The molecule has 1 atom stereocenters. The normalized spacial score (nSPS) is 18.8. The van der Waals surface area contributed by atoms with E-state index in [0.717, 1.165) is 10.4 Å². The number of thiophene rings is 1. The zero-order valence-electron chi connectivity index (χ0n) is 14.3. The Labute approximate surface area is 160 Å². The monoisotopic (exact) mass is 376 g/mol. The average Bonchev–Trinajstić information content (AvgIpc) is 3.32. The molecule has 0 spiro atoms. The van der Waals surface area contributed by atoms with Crippen molar-refractivity contribution >= 4 is 28.8 Å². The van der Waals surface area contributed by atoms with Crippen molar-refractivity contribution in [1.82, 2.24) is 9.88 Å². The summed E-state index contributed by atoms with van der Waals surface area (Å²) in [4.78, 5) is 32.0. The van der Waals surface area contributed by atoms with Gasteiger partial charge in [-0.2, -0.15) is 0 Å². The minimum atomic E-state index is -0.668. The van der Waals surface area contributed by atoms with E-state index >= 15 is 0 Å². The summed E-state index contributed by atoms with van der Waals surface area (Å²) in [5, 5.41) is 12.7. The van der Waals surface area contributed by atoms with Crippen LogP contribution in [0, 0.1) is 0 Å². The Morgan fingerprint density at radius 2 is 1.89 bits per heavy atom. The van der Waals surface area contributed by atoms with Crippen LogP contribution in [0.4, 0.5) is 0 Å². The van der Waals surface area contributed by atoms with Gasteiger partial charge < -0.3 is 10.0 Å². The second-order valence-electron chi connectivity index (χ2n) is 6.17. The van der Waals surface area contributed by atoms with E-state index in [4.69, 9.17) is 0 Å². The topological polar surface area (TPSA) is 70.5 Å². The lowest BCUT2D eigenvalue weighted by atomic mass is 10.00. The summed E-state index contributed by atoms with van der Waals surface area (Å²) in [7, 11) is 0. The summed E-state index contributed by atoms with van der Waals surface area (Å²) >= 11 is 1.45. The Morgan fingerprint density at radius 1 is 1.07 bits per heavy atom. The molecule has 4 rings (SSSR count). The minimum absolute atomic E-state index is 0.123. The van der Waals surface area contributed by atoms with E-state index in [1.165, 1.54) is 16.2 Å². The van der Waals surface area contributed by atoms with Crippen molar-refractivity contribution in [2.75, 3.05) is 0 Å². The van der Waals surface area contributed by atoms with E-state index < -0.39 is 17.7 Å². The predicted molar refractivity (Wildman–Crippen MR) is 103 cm³/mol. The van der Waals surface area contributed by atoms with Crippen molar-refractivity contribution in [2.24, 2.45) is 0 Å². The third kappa shape index (κ3) is 3.15. The molecular formula is C21H16N2O3S. The molecule has 1 amide bonds. The van der Waals surface area contributed by atoms with E-state index in [1.807, 2.05) is 29.6 Å². The molecule has 1 unspecified atom stereocenters. The number of hydrogen-bond acceptors (Lipinski definition) is 5. The maximum Gasteiger partial charge on any atom is 0.295 e. The van der Waals surface area contributed by atoms with Gasteiger partial charge in [-0.3, -0.25) is 14.6 Å². The zero-order valence-corrected chi connectivity index (χ0v) is 15.1. The van der Waals surface area contributed by atoms with Gasteiger partial charge >= 0.3 is 0 Å². The first-order chi connectivity index (χ1) is 13.2. The van der Waals surface area contributed by atoms with Crippen LogP contribution in [0.25, 0.3) is 5.76 Å². The fourth-order valence-corrected chi connectivity index (χ4v) is 4.07. The van der Waals surface area contributed by atoms with Crippen LogP contribution in [0.5, 0.6) is 0 Å². The number of aliphatic hydroxyl groups is 1. The fraction of sp³-hybridized carbons (Fsp3) is 0.0952. The molecule has 0 aliphatic carbocycles. The molecule has 1 aliphatic rings. The van der Waals surface area contributed by atoms with Crippen LogP contribution in [-0.2, 0) is 16.1 Å². The van der Waals surface area contributed by atoms with Gasteiger partial charge in [0.2, 0.25) is 0 Å². The van der Waals surface area contributed by atoms with Crippen molar-refractivity contribution in [3.8, 4) is 0 Å². The molecule has 27 heavy (non-hydrogen) atoms. The molecule has 0 bridgehead atoms. The molecule has 3 aromatic rings.